The molecule has 0 aliphatic heterocycles. The van der Waals surface area contributed by atoms with E-state index in [1.54, 1.807) is 6.07 Å². The number of unbranched alkanes of at least 4 members (excludes halogenated alkanes) is 58. The van der Waals surface area contributed by atoms with Crippen molar-refractivity contribution < 1.29 is 14.3 Å². The summed E-state index contributed by atoms with van der Waals surface area (Å²) in [5.41, 5.74) is 1.12. The van der Waals surface area contributed by atoms with Crippen molar-refractivity contribution in [3.63, 3.8) is 0 Å². The van der Waals surface area contributed by atoms with E-state index in [0.717, 1.165) is 38.5 Å². The molecule has 0 heterocycles. The van der Waals surface area contributed by atoms with Crippen molar-refractivity contribution in [2.75, 3.05) is 19.7 Å². The maximum atomic E-state index is 13.5. The van der Waals surface area contributed by atoms with Gasteiger partial charge in [-0.15, -0.1) is 0 Å². The van der Waals surface area contributed by atoms with Crippen molar-refractivity contribution in [2.45, 2.75) is 412 Å². The first-order valence-corrected chi connectivity index (χ1v) is 37.0. The van der Waals surface area contributed by atoms with Gasteiger partial charge in [-0.05, 0) is 37.5 Å². The number of carbonyl (C=O) groups is 2. The molecule has 0 spiro atoms. The van der Waals surface area contributed by atoms with Crippen LogP contribution in [-0.4, -0.2) is 31.5 Å². The number of ether oxygens (including phenoxy) is 1. The summed E-state index contributed by atoms with van der Waals surface area (Å²) in [5.74, 6) is 0.379. The molecule has 0 unspecified atom stereocenters. The second kappa shape index (κ2) is 64.5. The standard InChI is InChI=1S/C75H142N2O3/c1-4-7-10-13-16-19-22-24-26-28-30-32-34-36-38-40-42-44-46-48-50-53-56-59-62-67-76-74(78)71-65-66-72(73(70-71)80-69-64-61-58-55-52-21-18-15-12-9-6-3)75(79)77-68-63-60-57-54-51-49-47-45-43-41-39-37-35-33-31-29-27-25-23-20-17-14-11-8-5-2/h65-66,70H,4-64,67-69H2,1-3H3,(H,76,78)(H,77,79). The van der Waals surface area contributed by atoms with Crippen LogP contribution in [-0.2, 0) is 0 Å². The molecule has 0 radical (unpaired) electrons. The number of amides is 2. The number of benzene rings is 1. The van der Waals surface area contributed by atoms with E-state index in [9.17, 15) is 9.59 Å². The van der Waals surface area contributed by atoms with E-state index < -0.39 is 0 Å². The summed E-state index contributed by atoms with van der Waals surface area (Å²) < 4.78 is 6.31. The van der Waals surface area contributed by atoms with Crippen LogP contribution >= 0.6 is 0 Å². The van der Waals surface area contributed by atoms with Crippen molar-refractivity contribution in [1.29, 1.82) is 0 Å². The zero-order valence-corrected chi connectivity index (χ0v) is 54.7. The van der Waals surface area contributed by atoms with Crippen molar-refractivity contribution >= 4 is 11.8 Å². The van der Waals surface area contributed by atoms with Crippen LogP contribution in [0.3, 0.4) is 0 Å². The molecule has 0 saturated carbocycles. The van der Waals surface area contributed by atoms with Crippen LogP contribution in [0.15, 0.2) is 18.2 Å². The number of hydrogen-bond acceptors (Lipinski definition) is 3. The van der Waals surface area contributed by atoms with E-state index in [0.29, 0.717) is 36.6 Å². The molecular formula is C75H142N2O3. The van der Waals surface area contributed by atoms with Crippen molar-refractivity contribution in [1.82, 2.24) is 10.6 Å². The lowest BCUT2D eigenvalue weighted by molar-refractivity contribution is 0.0937. The van der Waals surface area contributed by atoms with Gasteiger partial charge in [-0.1, -0.05) is 393 Å². The van der Waals surface area contributed by atoms with Crippen molar-refractivity contribution in [3.05, 3.63) is 29.3 Å². The van der Waals surface area contributed by atoms with Crippen LogP contribution in [0.25, 0.3) is 0 Å². The third-order valence-electron chi connectivity index (χ3n) is 17.6. The number of nitrogens with one attached hydrogen (secondary N) is 2. The zero-order valence-electron chi connectivity index (χ0n) is 54.7. The lowest BCUT2D eigenvalue weighted by atomic mass is 10.0. The van der Waals surface area contributed by atoms with E-state index in [-0.39, 0.29) is 11.8 Å². The fourth-order valence-corrected chi connectivity index (χ4v) is 12.0. The Kier molecular flexibility index (Phi) is 61.3. The normalized spacial score (nSPS) is 11.5. The molecule has 5 nitrogen and oxygen atoms in total. The molecule has 0 atom stereocenters. The second-order valence-electron chi connectivity index (χ2n) is 25.6. The van der Waals surface area contributed by atoms with Crippen LogP contribution < -0.4 is 15.4 Å². The first kappa shape index (κ1) is 76.0. The summed E-state index contributed by atoms with van der Waals surface area (Å²) in [6.45, 7) is 8.83. The summed E-state index contributed by atoms with van der Waals surface area (Å²) in [4.78, 5) is 26.8. The summed E-state index contributed by atoms with van der Waals surface area (Å²) in [6, 6.07) is 5.42. The fraction of sp³-hybridized carbons (Fsp3) is 0.893. The van der Waals surface area contributed by atoms with Crippen LogP contribution in [0.2, 0.25) is 0 Å². The van der Waals surface area contributed by atoms with Gasteiger partial charge in [0.05, 0.1) is 12.2 Å². The third-order valence-corrected chi connectivity index (χ3v) is 17.6. The van der Waals surface area contributed by atoms with Crippen LogP contribution in [0.5, 0.6) is 5.75 Å². The Hall–Kier alpha value is -2.04. The van der Waals surface area contributed by atoms with Gasteiger partial charge in [-0.2, -0.15) is 0 Å². The van der Waals surface area contributed by atoms with Crippen molar-refractivity contribution in [3.8, 4) is 5.75 Å². The van der Waals surface area contributed by atoms with Crippen LogP contribution in [0.1, 0.15) is 433 Å². The predicted octanol–water partition coefficient (Wildman–Crippen LogP) is 25.4. The van der Waals surface area contributed by atoms with E-state index in [4.69, 9.17) is 4.74 Å². The van der Waals surface area contributed by atoms with E-state index in [2.05, 4.69) is 31.4 Å². The number of hydrogen-bond donors (Lipinski definition) is 2. The Morgan fingerprint density at radius 2 is 0.487 bits per heavy atom. The number of rotatable bonds is 67. The summed E-state index contributed by atoms with van der Waals surface area (Å²) >= 11 is 0. The molecule has 0 bridgehead atoms. The summed E-state index contributed by atoms with van der Waals surface area (Å²) in [6.07, 6.45) is 83.6. The van der Waals surface area contributed by atoms with Gasteiger partial charge in [0.25, 0.3) is 11.8 Å². The van der Waals surface area contributed by atoms with Gasteiger partial charge in [-0.25, -0.2) is 0 Å². The monoisotopic (exact) mass is 1120 g/mol. The molecule has 0 aliphatic carbocycles. The second-order valence-corrected chi connectivity index (χ2v) is 25.6. The van der Waals surface area contributed by atoms with Crippen molar-refractivity contribution in [2.24, 2.45) is 0 Å². The van der Waals surface area contributed by atoms with Gasteiger partial charge in [0, 0.05) is 18.7 Å². The average molecular weight is 1120 g/mol. The van der Waals surface area contributed by atoms with Crippen LogP contribution in [0, 0.1) is 0 Å². The third kappa shape index (κ3) is 53.9. The van der Waals surface area contributed by atoms with Gasteiger partial charge >= 0.3 is 0 Å². The molecular weight excluding hydrogens is 977 g/mol. The number of carbonyl (C=O) groups excluding carboxylic acids is 2. The Balaban J connectivity index is 2.20. The van der Waals surface area contributed by atoms with E-state index >= 15 is 0 Å². The first-order chi connectivity index (χ1) is 39.6. The summed E-state index contributed by atoms with van der Waals surface area (Å²) in [5, 5.41) is 6.34. The predicted molar refractivity (Wildman–Crippen MR) is 355 cm³/mol. The lowest BCUT2D eigenvalue weighted by Gasteiger charge is -2.14. The van der Waals surface area contributed by atoms with E-state index in [1.165, 1.54) is 353 Å². The zero-order chi connectivity index (χ0) is 57.4. The Labute approximate surface area is 501 Å². The molecule has 1 aromatic rings. The van der Waals surface area contributed by atoms with Gasteiger partial charge in [-0.3, -0.25) is 9.59 Å². The Morgan fingerprint density at radius 1 is 0.275 bits per heavy atom. The maximum Gasteiger partial charge on any atom is 0.255 e. The van der Waals surface area contributed by atoms with Gasteiger partial charge < -0.3 is 15.4 Å². The minimum atomic E-state index is -0.0920. The molecule has 470 valence electrons. The topological polar surface area (TPSA) is 67.4 Å². The van der Waals surface area contributed by atoms with Gasteiger partial charge in [0.1, 0.15) is 5.75 Å². The molecule has 0 aromatic heterocycles. The molecule has 0 saturated heterocycles. The quantitative estimate of drug-likeness (QED) is 0.0639. The molecule has 0 aliphatic rings. The molecule has 0 fully saturated rings. The highest BCUT2D eigenvalue weighted by atomic mass is 16.5. The maximum absolute atomic E-state index is 13.5. The molecule has 1 rings (SSSR count). The van der Waals surface area contributed by atoms with Gasteiger partial charge in [0.2, 0.25) is 0 Å². The minimum absolute atomic E-state index is 0.0729. The van der Waals surface area contributed by atoms with Gasteiger partial charge in [0.15, 0.2) is 0 Å². The molecule has 5 heteroatoms. The van der Waals surface area contributed by atoms with E-state index in [1.807, 2.05) is 12.1 Å². The lowest BCUT2D eigenvalue weighted by Crippen LogP contribution is -2.26. The molecule has 2 N–H and O–H groups in total. The minimum Gasteiger partial charge on any atom is -0.493 e. The molecule has 2 amide bonds. The molecule has 80 heavy (non-hydrogen) atoms. The fourth-order valence-electron chi connectivity index (χ4n) is 12.0. The SMILES string of the molecule is CCCCCCCCCCCCCCCCCCCCCCCCCCCNC(=O)c1ccc(C(=O)NCCCCCCCCCCCCCCCCCCCCCCCCCCC)c(OCCCCCCCCCCCCC)c1. The Morgan fingerprint density at radius 3 is 0.738 bits per heavy atom. The largest absolute Gasteiger partial charge is 0.493 e. The highest BCUT2D eigenvalue weighted by Gasteiger charge is 2.16. The van der Waals surface area contributed by atoms with Crippen LogP contribution in [0.4, 0.5) is 0 Å². The smallest absolute Gasteiger partial charge is 0.255 e. The first-order valence-electron chi connectivity index (χ1n) is 37.0. The molecule has 1 aromatic carbocycles. The average Bonchev–Trinajstić information content (AvgIpc) is 3.49. The highest BCUT2D eigenvalue weighted by Crippen LogP contribution is 2.23. The Bertz CT molecular complexity index is 1400. The highest BCUT2D eigenvalue weighted by molar-refractivity contribution is 6.00. The summed E-state index contributed by atoms with van der Waals surface area (Å²) in [7, 11) is 0.